The number of hydrogen-bond donors (Lipinski definition) is 2. The number of carbonyl (C=O) groups is 3. The molecule has 140 valence electrons. The van der Waals surface area contributed by atoms with Crippen LogP contribution in [0.5, 0.6) is 0 Å². The third-order valence-corrected chi connectivity index (χ3v) is 3.93. The molecule has 0 radical (unpaired) electrons. The molecule has 6 nitrogen and oxygen atoms in total. The Hall–Kier alpha value is -3.12. The first kappa shape index (κ1) is 20.2. The Balaban J connectivity index is 2.02. The minimum absolute atomic E-state index is 0.0552. The Bertz CT molecular complexity index is 879. The number of carbonyl (C=O) groups excluding carboxylic acids is 3. The maximum atomic E-state index is 12.3. The number of rotatable bonds is 6. The molecule has 0 aliphatic rings. The van der Waals surface area contributed by atoms with Crippen molar-refractivity contribution in [2.45, 2.75) is 13.8 Å². The van der Waals surface area contributed by atoms with E-state index in [0.717, 1.165) is 0 Å². The number of hydrogen-bond acceptors (Lipinski definition) is 4. The van der Waals surface area contributed by atoms with E-state index in [1.165, 1.54) is 13.0 Å². The molecule has 0 atom stereocenters. The zero-order valence-electron chi connectivity index (χ0n) is 14.9. The maximum absolute atomic E-state index is 12.3. The van der Waals surface area contributed by atoms with E-state index in [1.807, 2.05) is 6.07 Å². The first-order chi connectivity index (χ1) is 12.9. The highest BCUT2D eigenvalue weighted by Crippen LogP contribution is 2.22. The van der Waals surface area contributed by atoms with Gasteiger partial charge in [-0.2, -0.15) is 0 Å². The SMILES string of the molecule is CC(=O)N/C(=C\c1ccccc1)C(=O)OCC(=O)Nc1cccc(Cl)c1C. The summed E-state index contributed by atoms with van der Waals surface area (Å²) in [7, 11) is 0. The van der Waals surface area contributed by atoms with Gasteiger partial charge in [0.15, 0.2) is 6.61 Å². The summed E-state index contributed by atoms with van der Waals surface area (Å²) in [4.78, 5) is 35.6. The van der Waals surface area contributed by atoms with Gasteiger partial charge < -0.3 is 15.4 Å². The predicted molar refractivity (Wildman–Crippen MR) is 104 cm³/mol. The summed E-state index contributed by atoms with van der Waals surface area (Å²) < 4.78 is 5.01. The van der Waals surface area contributed by atoms with Crippen molar-refractivity contribution in [3.05, 3.63) is 70.4 Å². The monoisotopic (exact) mass is 386 g/mol. The van der Waals surface area contributed by atoms with Gasteiger partial charge in [-0.15, -0.1) is 0 Å². The number of anilines is 1. The number of nitrogens with one attached hydrogen (secondary N) is 2. The van der Waals surface area contributed by atoms with Crippen LogP contribution in [0.4, 0.5) is 5.69 Å². The van der Waals surface area contributed by atoms with Gasteiger partial charge in [-0.05, 0) is 36.3 Å². The van der Waals surface area contributed by atoms with Crippen LogP contribution in [0, 0.1) is 6.92 Å². The molecule has 2 aromatic carbocycles. The van der Waals surface area contributed by atoms with E-state index < -0.39 is 24.4 Å². The lowest BCUT2D eigenvalue weighted by molar-refractivity contribution is -0.144. The molecule has 0 aromatic heterocycles. The first-order valence-corrected chi connectivity index (χ1v) is 8.51. The number of halogens is 1. The molecule has 2 N–H and O–H groups in total. The van der Waals surface area contributed by atoms with Crippen molar-refractivity contribution in [1.82, 2.24) is 5.32 Å². The van der Waals surface area contributed by atoms with E-state index in [1.54, 1.807) is 49.4 Å². The summed E-state index contributed by atoms with van der Waals surface area (Å²) in [5, 5.41) is 5.56. The molecule has 2 aromatic rings. The summed E-state index contributed by atoms with van der Waals surface area (Å²) in [5.74, 6) is -1.75. The molecule has 2 rings (SSSR count). The Morgan fingerprint density at radius 1 is 1.07 bits per heavy atom. The quantitative estimate of drug-likeness (QED) is 0.589. The highest BCUT2D eigenvalue weighted by molar-refractivity contribution is 6.31. The summed E-state index contributed by atoms with van der Waals surface area (Å²) >= 11 is 6.01. The zero-order valence-corrected chi connectivity index (χ0v) is 15.7. The fourth-order valence-electron chi connectivity index (χ4n) is 2.19. The molecule has 0 saturated heterocycles. The van der Waals surface area contributed by atoms with Crippen LogP contribution in [-0.4, -0.2) is 24.4 Å². The molecule has 0 saturated carbocycles. The van der Waals surface area contributed by atoms with E-state index in [4.69, 9.17) is 16.3 Å². The van der Waals surface area contributed by atoms with Crippen molar-refractivity contribution in [2.24, 2.45) is 0 Å². The van der Waals surface area contributed by atoms with Gasteiger partial charge in [0.25, 0.3) is 5.91 Å². The second-order valence-corrected chi connectivity index (χ2v) is 6.09. The maximum Gasteiger partial charge on any atom is 0.355 e. The molecule has 0 unspecified atom stereocenters. The number of esters is 1. The molecule has 7 heteroatoms. The number of ether oxygens (including phenoxy) is 1. The largest absolute Gasteiger partial charge is 0.451 e. The molecule has 27 heavy (non-hydrogen) atoms. The minimum atomic E-state index is -0.813. The van der Waals surface area contributed by atoms with Crippen LogP contribution < -0.4 is 10.6 Å². The van der Waals surface area contributed by atoms with Crippen molar-refractivity contribution in [3.8, 4) is 0 Å². The van der Waals surface area contributed by atoms with Crippen LogP contribution in [0.3, 0.4) is 0 Å². The molecule has 0 bridgehead atoms. The van der Waals surface area contributed by atoms with Crippen molar-refractivity contribution in [2.75, 3.05) is 11.9 Å². The van der Waals surface area contributed by atoms with Gasteiger partial charge in [-0.25, -0.2) is 4.79 Å². The van der Waals surface area contributed by atoms with Gasteiger partial charge in [0.1, 0.15) is 5.70 Å². The van der Waals surface area contributed by atoms with Crippen molar-refractivity contribution < 1.29 is 19.1 Å². The molecule has 0 heterocycles. The average molecular weight is 387 g/mol. The Labute approximate surface area is 162 Å². The molecule has 0 aliphatic heterocycles. The minimum Gasteiger partial charge on any atom is -0.451 e. The lowest BCUT2D eigenvalue weighted by Gasteiger charge is -2.11. The smallest absolute Gasteiger partial charge is 0.355 e. The topological polar surface area (TPSA) is 84.5 Å². The number of amides is 2. The average Bonchev–Trinajstić information content (AvgIpc) is 2.63. The lowest BCUT2D eigenvalue weighted by atomic mass is 10.2. The van der Waals surface area contributed by atoms with Gasteiger partial charge in [0.2, 0.25) is 5.91 Å². The molecular weight excluding hydrogens is 368 g/mol. The van der Waals surface area contributed by atoms with E-state index >= 15 is 0 Å². The third-order valence-electron chi connectivity index (χ3n) is 3.52. The lowest BCUT2D eigenvalue weighted by Crippen LogP contribution is -2.29. The van der Waals surface area contributed by atoms with Gasteiger partial charge in [0, 0.05) is 17.6 Å². The number of benzene rings is 2. The molecule has 0 spiro atoms. The fourth-order valence-corrected chi connectivity index (χ4v) is 2.36. The zero-order chi connectivity index (χ0) is 19.8. The summed E-state index contributed by atoms with van der Waals surface area (Å²) in [6, 6.07) is 14.1. The van der Waals surface area contributed by atoms with Crippen LogP contribution in [0.1, 0.15) is 18.1 Å². The van der Waals surface area contributed by atoms with Crippen LogP contribution in [0.25, 0.3) is 6.08 Å². The molecule has 2 amide bonds. The Morgan fingerprint density at radius 2 is 1.78 bits per heavy atom. The van der Waals surface area contributed by atoms with Crippen LogP contribution in [-0.2, 0) is 19.1 Å². The summed E-state index contributed by atoms with van der Waals surface area (Å²) in [6.45, 7) is 2.54. The summed E-state index contributed by atoms with van der Waals surface area (Å²) in [5.41, 5.74) is 1.89. The van der Waals surface area contributed by atoms with Gasteiger partial charge in [0.05, 0.1) is 0 Å². The van der Waals surface area contributed by atoms with Gasteiger partial charge in [-0.3, -0.25) is 9.59 Å². The Kier molecular flexibility index (Phi) is 7.14. The second-order valence-electron chi connectivity index (χ2n) is 5.69. The van der Waals surface area contributed by atoms with E-state index in [2.05, 4.69) is 10.6 Å². The molecule has 0 fully saturated rings. The van der Waals surface area contributed by atoms with Crippen molar-refractivity contribution in [1.29, 1.82) is 0 Å². The van der Waals surface area contributed by atoms with E-state index in [9.17, 15) is 14.4 Å². The van der Waals surface area contributed by atoms with Crippen LogP contribution in [0.15, 0.2) is 54.2 Å². The normalized spacial score (nSPS) is 10.9. The van der Waals surface area contributed by atoms with Crippen LogP contribution in [0.2, 0.25) is 5.02 Å². The Morgan fingerprint density at radius 3 is 2.44 bits per heavy atom. The predicted octanol–water partition coefficient (Wildman–Crippen LogP) is 3.31. The van der Waals surface area contributed by atoms with Crippen LogP contribution >= 0.6 is 11.6 Å². The highest BCUT2D eigenvalue weighted by atomic mass is 35.5. The second kappa shape index (κ2) is 9.54. The van der Waals surface area contributed by atoms with Gasteiger partial charge >= 0.3 is 5.97 Å². The van der Waals surface area contributed by atoms with E-state index in [-0.39, 0.29) is 5.70 Å². The molecule has 0 aliphatic carbocycles. The standard InChI is InChI=1S/C20H19ClN2O4/c1-13-16(21)9-6-10-17(13)23-19(25)12-27-20(26)18(22-14(2)24)11-15-7-4-3-5-8-15/h3-11H,12H2,1-2H3,(H,22,24)(H,23,25)/b18-11-. The highest BCUT2D eigenvalue weighted by Gasteiger charge is 2.15. The van der Waals surface area contributed by atoms with E-state index in [0.29, 0.717) is 21.8 Å². The third kappa shape index (κ3) is 6.27. The molecular formula is C20H19ClN2O4. The first-order valence-electron chi connectivity index (χ1n) is 8.13. The summed E-state index contributed by atoms with van der Waals surface area (Å²) in [6.07, 6.45) is 1.47. The van der Waals surface area contributed by atoms with Gasteiger partial charge in [-0.1, -0.05) is 48.0 Å². The fraction of sp³-hybridized carbons (Fsp3) is 0.150. The van der Waals surface area contributed by atoms with Crippen molar-refractivity contribution >= 4 is 41.1 Å². The van der Waals surface area contributed by atoms with Crippen molar-refractivity contribution in [3.63, 3.8) is 0 Å².